The van der Waals surface area contributed by atoms with Gasteiger partial charge in [0.15, 0.2) is 9.84 Å². The summed E-state index contributed by atoms with van der Waals surface area (Å²) in [6.07, 6.45) is 3.28. The minimum Gasteiger partial charge on any atom is -0.494 e. The van der Waals surface area contributed by atoms with Gasteiger partial charge in [-0.3, -0.25) is 4.79 Å². The monoisotopic (exact) mass is 459 g/mol. The van der Waals surface area contributed by atoms with E-state index in [1.165, 1.54) is 0 Å². The van der Waals surface area contributed by atoms with Gasteiger partial charge in [0.1, 0.15) is 11.5 Å². The average Bonchev–Trinajstić information content (AvgIpc) is 3.16. The minimum absolute atomic E-state index is 0.00467. The Labute approximate surface area is 191 Å². The molecule has 1 unspecified atom stereocenters. The maximum Gasteiger partial charge on any atom is 0.258 e. The molecule has 0 spiro atoms. The van der Waals surface area contributed by atoms with Crippen LogP contribution in [0.1, 0.15) is 55.5 Å². The van der Waals surface area contributed by atoms with Crippen molar-refractivity contribution in [1.29, 1.82) is 0 Å². The SMILES string of the molecule is CCCCOc1ccccc1C(=O)N(Cc1ccc(OCCC)cc1)C1CCS(=O)(=O)C1. The van der Waals surface area contributed by atoms with Crippen molar-refractivity contribution in [2.75, 3.05) is 24.7 Å². The third-order valence-corrected chi connectivity index (χ3v) is 7.28. The molecule has 1 atom stereocenters. The Morgan fingerprint density at radius 3 is 2.41 bits per heavy atom. The summed E-state index contributed by atoms with van der Waals surface area (Å²) >= 11 is 0. The van der Waals surface area contributed by atoms with E-state index >= 15 is 0 Å². The lowest BCUT2D eigenvalue weighted by Crippen LogP contribution is -2.40. The van der Waals surface area contributed by atoms with Crippen molar-refractivity contribution in [3.05, 3.63) is 59.7 Å². The summed E-state index contributed by atoms with van der Waals surface area (Å²) in [4.78, 5) is 15.3. The van der Waals surface area contributed by atoms with Crippen LogP contribution in [0.3, 0.4) is 0 Å². The molecular weight excluding hydrogens is 426 g/mol. The van der Waals surface area contributed by atoms with Crippen LogP contribution in [-0.4, -0.2) is 50.0 Å². The number of amides is 1. The first-order chi connectivity index (χ1) is 15.4. The lowest BCUT2D eigenvalue weighted by Gasteiger charge is -2.29. The second-order valence-corrected chi connectivity index (χ2v) is 10.4. The van der Waals surface area contributed by atoms with E-state index in [2.05, 4.69) is 13.8 Å². The minimum atomic E-state index is -3.14. The molecule has 0 aliphatic carbocycles. The largest absolute Gasteiger partial charge is 0.494 e. The van der Waals surface area contributed by atoms with Crippen molar-refractivity contribution in [1.82, 2.24) is 4.90 Å². The quantitative estimate of drug-likeness (QED) is 0.463. The maximum absolute atomic E-state index is 13.6. The van der Waals surface area contributed by atoms with Crippen LogP contribution in [0.15, 0.2) is 48.5 Å². The van der Waals surface area contributed by atoms with Gasteiger partial charge in [0, 0.05) is 12.6 Å². The van der Waals surface area contributed by atoms with Gasteiger partial charge in [0.2, 0.25) is 0 Å². The fraction of sp³-hybridized carbons (Fsp3) is 0.480. The molecule has 0 saturated carbocycles. The molecule has 0 radical (unpaired) electrons. The molecule has 2 aromatic carbocycles. The lowest BCUT2D eigenvalue weighted by atomic mass is 10.1. The first kappa shape index (κ1) is 24.1. The summed E-state index contributed by atoms with van der Waals surface area (Å²) in [6.45, 7) is 5.66. The first-order valence-corrected chi connectivity index (χ1v) is 13.2. The predicted molar refractivity (Wildman–Crippen MR) is 126 cm³/mol. The van der Waals surface area contributed by atoms with Gasteiger partial charge in [-0.25, -0.2) is 8.42 Å². The molecule has 1 heterocycles. The molecule has 1 aliphatic heterocycles. The normalized spacial score (nSPS) is 17.1. The average molecular weight is 460 g/mol. The Morgan fingerprint density at radius 1 is 1.00 bits per heavy atom. The Morgan fingerprint density at radius 2 is 1.75 bits per heavy atom. The fourth-order valence-corrected chi connectivity index (χ4v) is 5.48. The van der Waals surface area contributed by atoms with Crippen LogP contribution in [-0.2, 0) is 16.4 Å². The summed E-state index contributed by atoms with van der Waals surface area (Å²) in [5.74, 6) is 1.23. The standard InChI is InChI=1S/C25H33NO5S/c1-3-5-16-31-24-9-7-6-8-23(24)25(27)26(21-14-17-32(28,29)19-21)18-20-10-12-22(13-11-20)30-15-4-2/h6-13,21H,3-5,14-19H2,1-2H3. The molecule has 7 heteroatoms. The van der Waals surface area contributed by atoms with Gasteiger partial charge in [-0.1, -0.05) is 44.5 Å². The Hall–Kier alpha value is -2.54. The van der Waals surface area contributed by atoms with Crippen molar-refractivity contribution in [3.8, 4) is 11.5 Å². The van der Waals surface area contributed by atoms with E-state index in [4.69, 9.17) is 9.47 Å². The van der Waals surface area contributed by atoms with Gasteiger partial charge in [-0.2, -0.15) is 0 Å². The smallest absolute Gasteiger partial charge is 0.258 e. The van der Waals surface area contributed by atoms with Crippen LogP contribution in [0.4, 0.5) is 0 Å². The fourth-order valence-electron chi connectivity index (χ4n) is 3.75. The van der Waals surface area contributed by atoms with Gasteiger partial charge >= 0.3 is 0 Å². The molecular formula is C25H33NO5S. The highest BCUT2D eigenvalue weighted by molar-refractivity contribution is 7.91. The van der Waals surface area contributed by atoms with E-state index < -0.39 is 9.84 Å². The summed E-state index contributed by atoms with van der Waals surface area (Å²) in [7, 11) is -3.14. The summed E-state index contributed by atoms with van der Waals surface area (Å²) in [6, 6.07) is 14.5. The highest BCUT2D eigenvalue weighted by Gasteiger charge is 2.35. The number of carbonyl (C=O) groups excluding carboxylic acids is 1. The zero-order chi connectivity index (χ0) is 23.0. The van der Waals surface area contributed by atoms with Crippen molar-refractivity contribution in [3.63, 3.8) is 0 Å². The second kappa shape index (κ2) is 11.4. The number of unbranched alkanes of at least 4 members (excludes halogenated alkanes) is 1. The Balaban J connectivity index is 1.84. The van der Waals surface area contributed by atoms with E-state index in [1.54, 1.807) is 17.0 Å². The van der Waals surface area contributed by atoms with Crippen LogP contribution < -0.4 is 9.47 Å². The summed E-state index contributed by atoms with van der Waals surface area (Å²) in [5, 5.41) is 0. The Kier molecular flexibility index (Phi) is 8.56. The lowest BCUT2D eigenvalue weighted by molar-refractivity contribution is 0.0676. The highest BCUT2D eigenvalue weighted by Crippen LogP contribution is 2.27. The molecule has 1 aliphatic rings. The van der Waals surface area contributed by atoms with Gasteiger partial charge in [-0.05, 0) is 49.1 Å². The maximum atomic E-state index is 13.6. The van der Waals surface area contributed by atoms with E-state index in [9.17, 15) is 13.2 Å². The van der Waals surface area contributed by atoms with Crippen molar-refractivity contribution < 1.29 is 22.7 Å². The summed E-state index contributed by atoms with van der Waals surface area (Å²) < 4.78 is 35.8. The van der Waals surface area contributed by atoms with Gasteiger partial charge in [-0.15, -0.1) is 0 Å². The molecule has 1 saturated heterocycles. The predicted octanol–water partition coefficient (Wildman–Crippen LogP) is 4.48. The molecule has 6 nitrogen and oxygen atoms in total. The van der Waals surface area contributed by atoms with Crippen LogP contribution in [0.2, 0.25) is 0 Å². The van der Waals surface area contributed by atoms with Crippen LogP contribution >= 0.6 is 0 Å². The number of sulfone groups is 1. The molecule has 2 aromatic rings. The molecule has 0 aromatic heterocycles. The number of para-hydroxylation sites is 1. The van der Waals surface area contributed by atoms with Crippen molar-refractivity contribution >= 4 is 15.7 Å². The number of nitrogens with zero attached hydrogens (tertiary/aromatic N) is 1. The van der Waals surface area contributed by atoms with E-state index in [-0.39, 0.29) is 23.5 Å². The van der Waals surface area contributed by atoms with Gasteiger partial charge in [0.05, 0.1) is 30.3 Å². The molecule has 32 heavy (non-hydrogen) atoms. The third kappa shape index (κ3) is 6.48. The summed E-state index contributed by atoms with van der Waals surface area (Å²) in [5.41, 5.74) is 1.40. The molecule has 1 amide bonds. The number of benzene rings is 2. The van der Waals surface area contributed by atoms with Crippen LogP contribution in [0.25, 0.3) is 0 Å². The van der Waals surface area contributed by atoms with Crippen molar-refractivity contribution in [2.45, 2.75) is 52.1 Å². The van der Waals surface area contributed by atoms with E-state index in [0.29, 0.717) is 37.5 Å². The highest BCUT2D eigenvalue weighted by atomic mass is 32.2. The van der Waals surface area contributed by atoms with Crippen LogP contribution in [0, 0.1) is 0 Å². The topological polar surface area (TPSA) is 72.9 Å². The third-order valence-electron chi connectivity index (χ3n) is 5.53. The number of carbonyl (C=O) groups is 1. The molecule has 3 rings (SSSR count). The number of hydrogen-bond donors (Lipinski definition) is 0. The second-order valence-electron chi connectivity index (χ2n) is 8.18. The number of rotatable bonds is 11. The zero-order valence-corrected chi connectivity index (χ0v) is 19.8. The van der Waals surface area contributed by atoms with E-state index in [1.807, 2.05) is 36.4 Å². The molecule has 0 bridgehead atoms. The number of ether oxygens (including phenoxy) is 2. The first-order valence-electron chi connectivity index (χ1n) is 11.4. The number of hydrogen-bond acceptors (Lipinski definition) is 5. The zero-order valence-electron chi connectivity index (χ0n) is 19.0. The van der Waals surface area contributed by atoms with E-state index in [0.717, 1.165) is 30.6 Å². The van der Waals surface area contributed by atoms with Gasteiger partial charge < -0.3 is 14.4 Å². The van der Waals surface area contributed by atoms with Gasteiger partial charge in [0.25, 0.3) is 5.91 Å². The van der Waals surface area contributed by atoms with Crippen LogP contribution in [0.5, 0.6) is 11.5 Å². The Bertz CT molecular complexity index is 988. The molecule has 174 valence electrons. The van der Waals surface area contributed by atoms with Crippen molar-refractivity contribution in [2.24, 2.45) is 0 Å². The molecule has 0 N–H and O–H groups in total. The molecule has 1 fully saturated rings.